The molecule has 0 aliphatic heterocycles. The molecule has 0 aromatic heterocycles. The van der Waals surface area contributed by atoms with Gasteiger partial charge >= 0.3 is 5.97 Å². The highest BCUT2D eigenvalue weighted by Crippen LogP contribution is 2.02. The lowest BCUT2D eigenvalue weighted by atomic mass is 10.1. The second-order valence-electron chi connectivity index (χ2n) is 4.05. The number of hydrogen-bond acceptors (Lipinski definition) is 4. The number of ether oxygens (including phenoxy) is 1. The zero-order valence-corrected chi connectivity index (χ0v) is 10.6. The molecule has 2 atom stereocenters. The summed E-state index contributed by atoms with van der Waals surface area (Å²) in [4.78, 5) is 22.9. The summed E-state index contributed by atoms with van der Waals surface area (Å²) in [6, 6.07) is 8.10. The van der Waals surface area contributed by atoms with E-state index in [0.717, 1.165) is 5.56 Å². The molecule has 0 saturated carbocycles. The van der Waals surface area contributed by atoms with Crippen molar-refractivity contribution in [2.75, 3.05) is 7.11 Å². The molecule has 1 amide bonds. The molecule has 5 nitrogen and oxygen atoms in total. The molecular weight excluding hydrogens is 232 g/mol. The Hall–Kier alpha value is -1.88. The highest BCUT2D eigenvalue weighted by molar-refractivity contribution is 5.87. The number of benzene rings is 1. The van der Waals surface area contributed by atoms with Gasteiger partial charge in [-0.3, -0.25) is 4.79 Å². The largest absolute Gasteiger partial charge is 0.467 e. The predicted octanol–water partition coefficient (Wildman–Crippen LogP) is 0.234. The summed E-state index contributed by atoms with van der Waals surface area (Å²) in [7, 11) is 1.27. The van der Waals surface area contributed by atoms with Crippen LogP contribution in [-0.4, -0.2) is 31.1 Å². The third-order valence-electron chi connectivity index (χ3n) is 2.55. The molecular formula is C13H18N2O3. The van der Waals surface area contributed by atoms with E-state index in [4.69, 9.17) is 5.73 Å². The van der Waals surface area contributed by atoms with Crippen LogP contribution in [0.15, 0.2) is 30.3 Å². The Morgan fingerprint density at radius 2 is 1.94 bits per heavy atom. The van der Waals surface area contributed by atoms with Crippen LogP contribution in [0.3, 0.4) is 0 Å². The summed E-state index contributed by atoms with van der Waals surface area (Å²) in [6.45, 7) is 1.55. The fourth-order valence-corrected chi connectivity index (χ4v) is 1.52. The lowest BCUT2D eigenvalue weighted by molar-refractivity contribution is -0.144. The van der Waals surface area contributed by atoms with Gasteiger partial charge in [0, 0.05) is 0 Å². The Kier molecular flexibility index (Phi) is 5.32. The predicted molar refractivity (Wildman–Crippen MR) is 67.7 cm³/mol. The number of methoxy groups -OCH3 is 1. The highest BCUT2D eigenvalue weighted by atomic mass is 16.5. The molecule has 98 valence electrons. The topological polar surface area (TPSA) is 81.4 Å². The van der Waals surface area contributed by atoms with Crippen LogP contribution < -0.4 is 11.1 Å². The number of hydrogen-bond donors (Lipinski definition) is 2. The minimum atomic E-state index is -0.690. The van der Waals surface area contributed by atoms with Crippen LogP contribution in [0, 0.1) is 0 Å². The van der Waals surface area contributed by atoms with Gasteiger partial charge < -0.3 is 15.8 Å². The van der Waals surface area contributed by atoms with Crippen molar-refractivity contribution in [2.45, 2.75) is 25.4 Å². The van der Waals surface area contributed by atoms with E-state index < -0.39 is 18.1 Å². The quantitative estimate of drug-likeness (QED) is 0.733. The Bertz CT molecular complexity index is 406. The summed E-state index contributed by atoms with van der Waals surface area (Å²) >= 11 is 0. The Morgan fingerprint density at radius 1 is 1.33 bits per heavy atom. The maximum atomic E-state index is 11.7. The molecule has 1 rings (SSSR count). The van der Waals surface area contributed by atoms with Crippen molar-refractivity contribution >= 4 is 11.9 Å². The standard InChI is InChI=1S/C13H18N2O3/c1-9(13(17)18-2)15-12(16)11(14)8-10-6-4-3-5-7-10/h3-7,9,11H,8,14H2,1-2H3,(H,15,16)/t9-,11+/m0/s1. The first-order valence-electron chi connectivity index (χ1n) is 5.72. The second kappa shape index (κ2) is 6.76. The number of rotatable bonds is 5. The molecule has 0 radical (unpaired) electrons. The first kappa shape index (κ1) is 14.2. The van der Waals surface area contributed by atoms with Crippen molar-refractivity contribution in [2.24, 2.45) is 5.73 Å². The van der Waals surface area contributed by atoms with E-state index in [1.165, 1.54) is 7.11 Å². The van der Waals surface area contributed by atoms with Gasteiger partial charge in [0.05, 0.1) is 13.2 Å². The molecule has 0 bridgehead atoms. The average molecular weight is 250 g/mol. The van der Waals surface area contributed by atoms with Crippen molar-refractivity contribution in [3.8, 4) is 0 Å². The van der Waals surface area contributed by atoms with Gasteiger partial charge in [0.25, 0.3) is 0 Å². The molecule has 1 aromatic carbocycles. The Morgan fingerprint density at radius 3 is 2.50 bits per heavy atom. The Balaban J connectivity index is 2.49. The van der Waals surface area contributed by atoms with E-state index >= 15 is 0 Å². The molecule has 0 unspecified atom stereocenters. The molecule has 18 heavy (non-hydrogen) atoms. The third kappa shape index (κ3) is 4.18. The summed E-state index contributed by atoms with van der Waals surface area (Å²) in [6.07, 6.45) is 0.431. The Labute approximate surface area is 106 Å². The number of carbonyl (C=O) groups excluding carboxylic acids is 2. The molecule has 1 aromatic rings. The molecule has 0 aliphatic rings. The summed E-state index contributed by atoms with van der Waals surface area (Å²) < 4.78 is 4.52. The minimum absolute atomic E-state index is 0.364. The number of amides is 1. The van der Waals surface area contributed by atoms with Crippen LogP contribution in [0.4, 0.5) is 0 Å². The van der Waals surface area contributed by atoms with E-state index in [0.29, 0.717) is 6.42 Å². The van der Waals surface area contributed by atoms with Crippen molar-refractivity contribution in [3.05, 3.63) is 35.9 Å². The van der Waals surface area contributed by atoms with E-state index in [2.05, 4.69) is 10.1 Å². The number of esters is 1. The smallest absolute Gasteiger partial charge is 0.328 e. The van der Waals surface area contributed by atoms with Gasteiger partial charge in [0.15, 0.2) is 0 Å². The van der Waals surface area contributed by atoms with E-state index in [-0.39, 0.29) is 5.91 Å². The maximum absolute atomic E-state index is 11.7. The van der Waals surface area contributed by atoms with Gasteiger partial charge in [-0.05, 0) is 18.9 Å². The van der Waals surface area contributed by atoms with Crippen molar-refractivity contribution < 1.29 is 14.3 Å². The van der Waals surface area contributed by atoms with Crippen LogP contribution in [0.2, 0.25) is 0 Å². The first-order chi connectivity index (χ1) is 8.54. The van der Waals surface area contributed by atoms with Gasteiger partial charge in [-0.2, -0.15) is 0 Å². The highest BCUT2D eigenvalue weighted by Gasteiger charge is 2.20. The molecule has 0 aliphatic carbocycles. The molecule has 0 heterocycles. The van der Waals surface area contributed by atoms with Gasteiger partial charge in [-0.1, -0.05) is 30.3 Å². The monoisotopic (exact) mass is 250 g/mol. The fraction of sp³-hybridized carbons (Fsp3) is 0.385. The van der Waals surface area contributed by atoms with Crippen LogP contribution in [-0.2, 0) is 20.7 Å². The molecule has 3 N–H and O–H groups in total. The number of carbonyl (C=O) groups is 2. The minimum Gasteiger partial charge on any atom is -0.467 e. The normalized spacial score (nSPS) is 13.5. The molecule has 5 heteroatoms. The lowest BCUT2D eigenvalue weighted by Crippen LogP contribution is -2.48. The maximum Gasteiger partial charge on any atom is 0.328 e. The van der Waals surface area contributed by atoms with E-state index in [9.17, 15) is 9.59 Å². The molecule has 0 spiro atoms. The van der Waals surface area contributed by atoms with Gasteiger partial charge in [0.1, 0.15) is 6.04 Å². The van der Waals surface area contributed by atoms with Crippen LogP contribution in [0.25, 0.3) is 0 Å². The van der Waals surface area contributed by atoms with Gasteiger partial charge in [0.2, 0.25) is 5.91 Å². The van der Waals surface area contributed by atoms with Crippen molar-refractivity contribution in [1.29, 1.82) is 0 Å². The number of nitrogens with two attached hydrogens (primary N) is 1. The SMILES string of the molecule is COC(=O)[C@H](C)NC(=O)[C@H](N)Cc1ccccc1. The summed E-state index contributed by atoms with van der Waals surface area (Å²) in [5.41, 5.74) is 6.75. The van der Waals surface area contributed by atoms with Crippen molar-refractivity contribution in [3.63, 3.8) is 0 Å². The summed E-state index contributed by atoms with van der Waals surface area (Å²) in [5.74, 6) is -0.855. The van der Waals surface area contributed by atoms with E-state index in [1.54, 1.807) is 6.92 Å². The fourth-order valence-electron chi connectivity index (χ4n) is 1.52. The van der Waals surface area contributed by atoms with Gasteiger partial charge in [-0.25, -0.2) is 4.79 Å². The van der Waals surface area contributed by atoms with Crippen LogP contribution >= 0.6 is 0 Å². The summed E-state index contributed by atoms with van der Waals surface area (Å²) in [5, 5.41) is 2.51. The zero-order valence-electron chi connectivity index (χ0n) is 10.6. The van der Waals surface area contributed by atoms with Gasteiger partial charge in [-0.15, -0.1) is 0 Å². The molecule has 0 saturated heterocycles. The van der Waals surface area contributed by atoms with E-state index in [1.807, 2.05) is 30.3 Å². The molecule has 0 fully saturated rings. The third-order valence-corrected chi connectivity index (χ3v) is 2.55. The zero-order chi connectivity index (χ0) is 13.5. The second-order valence-corrected chi connectivity index (χ2v) is 4.05. The average Bonchev–Trinajstić information content (AvgIpc) is 2.38. The van der Waals surface area contributed by atoms with Crippen LogP contribution in [0.5, 0.6) is 0 Å². The first-order valence-corrected chi connectivity index (χ1v) is 5.72. The van der Waals surface area contributed by atoms with Crippen molar-refractivity contribution in [1.82, 2.24) is 5.32 Å². The number of nitrogens with one attached hydrogen (secondary N) is 1. The van der Waals surface area contributed by atoms with Crippen LogP contribution in [0.1, 0.15) is 12.5 Å². The lowest BCUT2D eigenvalue weighted by Gasteiger charge is -2.15.